The van der Waals surface area contributed by atoms with Crippen molar-refractivity contribution in [2.75, 3.05) is 13.7 Å². The number of carbonyl (C=O) groups excluding carboxylic acids is 1. The van der Waals surface area contributed by atoms with E-state index in [4.69, 9.17) is 13.9 Å². The van der Waals surface area contributed by atoms with Crippen LogP contribution in [0.3, 0.4) is 0 Å². The van der Waals surface area contributed by atoms with Crippen LogP contribution in [0, 0.1) is 12.7 Å². The molecule has 0 aliphatic carbocycles. The maximum absolute atomic E-state index is 13.5. The normalized spacial score (nSPS) is 11.5. The fourth-order valence-corrected chi connectivity index (χ4v) is 4.15. The summed E-state index contributed by atoms with van der Waals surface area (Å²) >= 11 is 0. The van der Waals surface area contributed by atoms with E-state index in [1.807, 2.05) is 51.1 Å². The molecule has 35 heavy (non-hydrogen) atoms. The number of benzene rings is 3. The smallest absolute Gasteiger partial charge is 0.244 e. The maximum Gasteiger partial charge on any atom is 0.244 e. The standard InChI is InChI=1S/C29H28FNO4/c1-5-34-28-19(3)29-24(25(17-35-29)20-10-12-22(30)13-11-20)15-23(28)18(2)14-27(32)31-16-21-8-6-7-9-26(21)33-4/h6-15,17H,5,16H2,1-4H3,(H,31,32)/b18-14+. The number of allylic oxidation sites excluding steroid dienone is 1. The number of halogens is 1. The van der Waals surface area contributed by atoms with Crippen molar-refractivity contribution in [3.8, 4) is 22.6 Å². The van der Waals surface area contributed by atoms with Crippen molar-refractivity contribution in [3.05, 3.63) is 89.4 Å². The summed E-state index contributed by atoms with van der Waals surface area (Å²) in [6, 6.07) is 15.8. The van der Waals surface area contributed by atoms with E-state index in [0.717, 1.165) is 44.5 Å². The van der Waals surface area contributed by atoms with E-state index in [2.05, 4.69) is 5.32 Å². The second kappa shape index (κ2) is 10.5. The molecule has 3 aromatic carbocycles. The Balaban J connectivity index is 1.69. The summed E-state index contributed by atoms with van der Waals surface area (Å²) in [4.78, 5) is 12.8. The van der Waals surface area contributed by atoms with Crippen molar-refractivity contribution in [3.63, 3.8) is 0 Å². The van der Waals surface area contributed by atoms with Gasteiger partial charge in [-0.3, -0.25) is 4.79 Å². The number of rotatable bonds is 8. The first kappa shape index (κ1) is 24.1. The minimum absolute atomic E-state index is 0.223. The van der Waals surface area contributed by atoms with Gasteiger partial charge in [0.05, 0.1) is 20.0 Å². The van der Waals surface area contributed by atoms with Gasteiger partial charge in [-0.05, 0) is 56.2 Å². The molecule has 4 aromatic rings. The van der Waals surface area contributed by atoms with Crippen LogP contribution in [0.15, 0.2) is 71.4 Å². The SMILES string of the molecule is CCOc1c(/C(C)=C/C(=O)NCc2ccccc2OC)cc2c(-c3ccc(F)cc3)coc2c1C. The number of amides is 1. The van der Waals surface area contributed by atoms with Crippen molar-refractivity contribution in [1.82, 2.24) is 5.32 Å². The van der Waals surface area contributed by atoms with Crippen molar-refractivity contribution < 1.29 is 23.1 Å². The zero-order valence-corrected chi connectivity index (χ0v) is 20.3. The summed E-state index contributed by atoms with van der Waals surface area (Å²) in [6.07, 6.45) is 3.24. The Bertz CT molecular complexity index is 1390. The quantitative estimate of drug-likeness (QED) is 0.290. The van der Waals surface area contributed by atoms with E-state index in [0.29, 0.717) is 24.5 Å². The molecule has 0 atom stereocenters. The van der Waals surface area contributed by atoms with Crippen LogP contribution in [-0.2, 0) is 11.3 Å². The molecule has 0 radical (unpaired) electrons. The van der Waals surface area contributed by atoms with Crippen molar-refractivity contribution in [2.45, 2.75) is 27.3 Å². The van der Waals surface area contributed by atoms with Gasteiger partial charge in [-0.2, -0.15) is 0 Å². The number of hydrogen-bond donors (Lipinski definition) is 1. The molecule has 1 N–H and O–H groups in total. The third-order valence-electron chi connectivity index (χ3n) is 5.91. The Labute approximate surface area is 204 Å². The number of ether oxygens (including phenoxy) is 2. The number of carbonyl (C=O) groups is 1. The van der Waals surface area contributed by atoms with Crippen LogP contribution >= 0.6 is 0 Å². The Morgan fingerprint density at radius 1 is 1.14 bits per heavy atom. The molecule has 1 heterocycles. The van der Waals surface area contributed by atoms with Gasteiger partial charge < -0.3 is 19.2 Å². The average Bonchev–Trinajstić information content (AvgIpc) is 3.29. The van der Waals surface area contributed by atoms with Crippen molar-refractivity contribution in [1.29, 1.82) is 0 Å². The molecule has 5 nitrogen and oxygen atoms in total. The van der Waals surface area contributed by atoms with E-state index < -0.39 is 0 Å². The number of aryl methyl sites for hydroxylation is 1. The highest BCUT2D eigenvalue weighted by molar-refractivity contribution is 6.01. The minimum Gasteiger partial charge on any atom is -0.496 e. The molecule has 1 aromatic heterocycles. The fraction of sp³-hybridized carbons (Fsp3) is 0.207. The van der Waals surface area contributed by atoms with Gasteiger partial charge in [0.2, 0.25) is 5.91 Å². The van der Waals surface area contributed by atoms with Crippen LogP contribution in [0.2, 0.25) is 0 Å². The first-order valence-corrected chi connectivity index (χ1v) is 11.4. The van der Waals surface area contributed by atoms with Crippen molar-refractivity contribution >= 4 is 22.4 Å². The van der Waals surface area contributed by atoms with E-state index in [9.17, 15) is 9.18 Å². The first-order chi connectivity index (χ1) is 16.9. The lowest BCUT2D eigenvalue weighted by Crippen LogP contribution is -2.21. The second-order valence-electron chi connectivity index (χ2n) is 8.20. The van der Waals surface area contributed by atoms with Crippen LogP contribution in [0.4, 0.5) is 4.39 Å². The molecule has 0 unspecified atom stereocenters. The Kier molecular flexibility index (Phi) is 7.20. The van der Waals surface area contributed by atoms with Crippen LogP contribution in [0.25, 0.3) is 27.7 Å². The number of nitrogens with one attached hydrogen (secondary N) is 1. The third kappa shape index (κ3) is 5.06. The lowest BCUT2D eigenvalue weighted by molar-refractivity contribution is -0.116. The number of methoxy groups -OCH3 is 1. The van der Waals surface area contributed by atoms with Crippen LogP contribution in [0.5, 0.6) is 11.5 Å². The van der Waals surface area contributed by atoms with E-state index in [-0.39, 0.29) is 11.7 Å². The summed E-state index contributed by atoms with van der Waals surface area (Å²) < 4.78 is 30.7. The van der Waals surface area contributed by atoms with Gasteiger partial charge in [-0.25, -0.2) is 4.39 Å². The summed E-state index contributed by atoms with van der Waals surface area (Å²) in [7, 11) is 1.61. The molecular weight excluding hydrogens is 445 g/mol. The highest BCUT2D eigenvalue weighted by Gasteiger charge is 2.19. The topological polar surface area (TPSA) is 60.7 Å². The molecule has 4 rings (SSSR count). The number of furan rings is 1. The fourth-order valence-electron chi connectivity index (χ4n) is 4.15. The zero-order chi connectivity index (χ0) is 24.9. The lowest BCUT2D eigenvalue weighted by Gasteiger charge is -2.15. The Morgan fingerprint density at radius 3 is 2.60 bits per heavy atom. The highest BCUT2D eigenvalue weighted by Crippen LogP contribution is 2.40. The molecule has 0 saturated heterocycles. The van der Waals surface area contributed by atoms with Crippen molar-refractivity contribution in [2.24, 2.45) is 0 Å². The molecule has 1 amide bonds. The largest absolute Gasteiger partial charge is 0.496 e. The monoisotopic (exact) mass is 473 g/mol. The summed E-state index contributed by atoms with van der Waals surface area (Å²) in [5, 5.41) is 3.80. The number of hydrogen-bond acceptors (Lipinski definition) is 4. The number of fused-ring (bicyclic) bond motifs is 1. The Hall–Kier alpha value is -4.06. The minimum atomic E-state index is -0.296. The zero-order valence-electron chi connectivity index (χ0n) is 20.3. The Morgan fingerprint density at radius 2 is 1.89 bits per heavy atom. The van der Waals surface area contributed by atoms with Crippen LogP contribution in [-0.4, -0.2) is 19.6 Å². The van der Waals surface area contributed by atoms with Crippen LogP contribution in [0.1, 0.15) is 30.5 Å². The van der Waals surface area contributed by atoms with Gasteiger partial charge in [-0.1, -0.05) is 30.3 Å². The van der Waals surface area contributed by atoms with Gasteiger partial charge in [0.15, 0.2) is 0 Å². The van der Waals surface area contributed by atoms with Crippen LogP contribution < -0.4 is 14.8 Å². The lowest BCUT2D eigenvalue weighted by atomic mass is 9.96. The molecule has 0 aliphatic heterocycles. The molecule has 6 heteroatoms. The predicted molar refractivity (Wildman–Crippen MR) is 136 cm³/mol. The molecule has 0 aliphatic rings. The third-order valence-corrected chi connectivity index (χ3v) is 5.91. The molecule has 0 saturated carbocycles. The molecule has 0 spiro atoms. The predicted octanol–water partition coefficient (Wildman–Crippen LogP) is 6.67. The molecule has 180 valence electrons. The van der Waals surface area contributed by atoms with E-state index in [1.165, 1.54) is 12.1 Å². The molecule has 0 bridgehead atoms. The number of para-hydroxylation sites is 1. The van der Waals surface area contributed by atoms with E-state index in [1.54, 1.807) is 31.6 Å². The molecular formula is C29H28FNO4. The van der Waals surface area contributed by atoms with E-state index >= 15 is 0 Å². The van der Waals surface area contributed by atoms with Gasteiger partial charge in [0, 0.05) is 40.3 Å². The summed E-state index contributed by atoms with van der Waals surface area (Å²) in [5.74, 6) is 0.877. The molecule has 0 fully saturated rings. The maximum atomic E-state index is 13.5. The van der Waals surface area contributed by atoms with Gasteiger partial charge in [-0.15, -0.1) is 0 Å². The van der Waals surface area contributed by atoms with Gasteiger partial charge in [0.25, 0.3) is 0 Å². The first-order valence-electron chi connectivity index (χ1n) is 11.4. The summed E-state index contributed by atoms with van der Waals surface area (Å²) in [6.45, 7) is 6.55. The van der Waals surface area contributed by atoms with Gasteiger partial charge >= 0.3 is 0 Å². The van der Waals surface area contributed by atoms with Gasteiger partial charge in [0.1, 0.15) is 22.9 Å². The summed E-state index contributed by atoms with van der Waals surface area (Å²) in [5.41, 5.74) is 5.68. The second-order valence-corrected chi connectivity index (χ2v) is 8.20. The highest BCUT2D eigenvalue weighted by atomic mass is 19.1. The average molecular weight is 474 g/mol.